The standard InChI is InChI=1S/C24H22Cl2N6O2S/c1-14-7-15(2)29-24(28-14)35-13-21-22(23(33)27-12-16-5-4-6-20(8-16)34-3)30-31-32(21)19-10-17(25)9-18(26)11-19/h4-11H,12-13H2,1-3H3,(H,27,33). The van der Waals surface area contributed by atoms with Gasteiger partial charge in [0.15, 0.2) is 10.9 Å². The Morgan fingerprint density at radius 3 is 2.46 bits per heavy atom. The van der Waals surface area contributed by atoms with Gasteiger partial charge >= 0.3 is 0 Å². The lowest BCUT2D eigenvalue weighted by Gasteiger charge is -2.10. The number of rotatable bonds is 8. The molecule has 0 saturated heterocycles. The Kier molecular flexibility index (Phi) is 7.90. The van der Waals surface area contributed by atoms with Gasteiger partial charge in [0.2, 0.25) is 0 Å². The molecule has 0 radical (unpaired) electrons. The van der Waals surface area contributed by atoms with Crippen LogP contribution >= 0.6 is 35.0 Å². The van der Waals surface area contributed by atoms with Gasteiger partial charge in [0.25, 0.3) is 5.91 Å². The van der Waals surface area contributed by atoms with E-state index in [2.05, 4.69) is 25.6 Å². The third-order valence-electron chi connectivity index (χ3n) is 4.96. The van der Waals surface area contributed by atoms with Crippen molar-refractivity contribution in [1.82, 2.24) is 30.3 Å². The van der Waals surface area contributed by atoms with Crippen LogP contribution in [-0.2, 0) is 12.3 Å². The third-order valence-corrected chi connectivity index (χ3v) is 6.25. The number of amides is 1. The largest absolute Gasteiger partial charge is 0.497 e. The van der Waals surface area contributed by atoms with Gasteiger partial charge in [-0.25, -0.2) is 14.6 Å². The molecule has 0 saturated carbocycles. The van der Waals surface area contributed by atoms with E-state index in [0.29, 0.717) is 44.6 Å². The maximum Gasteiger partial charge on any atom is 0.274 e. The lowest BCUT2D eigenvalue weighted by atomic mass is 10.2. The summed E-state index contributed by atoms with van der Waals surface area (Å²) in [7, 11) is 1.60. The van der Waals surface area contributed by atoms with Gasteiger partial charge in [0, 0.05) is 33.7 Å². The zero-order valence-electron chi connectivity index (χ0n) is 19.2. The maximum absolute atomic E-state index is 13.1. The molecular formula is C24H22Cl2N6O2S. The Labute approximate surface area is 217 Å². The molecule has 4 aromatic rings. The zero-order chi connectivity index (χ0) is 24.9. The molecule has 11 heteroatoms. The molecule has 1 amide bonds. The second kappa shape index (κ2) is 11.1. The van der Waals surface area contributed by atoms with Crippen LogP contribution in [0.25, 0.3) is 5.69 Å². The lowest BCUT2D eigenvalue weighted by Crippen LogP contribution is -2.24. The van der Waals surface area contributed by atoms with Crippen LogP contribution in [0.5, 0.6) is 5.75 Å². The summed E-state index contributed by atoms with van der Waals surface area (Å²) in [5, 5.41) is 12.8. The molecule has 4 rings (SSSR count). The smallest absolute Gasteiger partial charge is 0.274 e. The molecule has 180 valence electrons. The topological polar surface area (TPSA) is 94.8 Å². The average molecular weight is 529 g/mol. The number of nitrogens with zero attached hydrogens (tertiary/aromatic N) is 5. The van der Waals surface area contributed by atoms with Crippen molar-refractivity contribution in [3.8, 4) is 11.4 Å². The highest BCUT2D eigenvalue weighted by Crippen LogP contribution is 2.27. The van der Waals surface area contributed by atoms with Gasteiger partial charge in [0.05, 0.1) is 18.5 Å². The Balaban J connectivity index is 1.63. The van der Waals surface area contributed by atoms with Crippen molar-refractivity contribution in [3.05, 3.63) is 86.9 Å². The van der Waals surface area contributed by atoms with Gasteiger partial charge in [-0.1, -0.05) is 52.3 Å². The zero-order valence-corrected chi connectivity index (χ0v) is 21.6. The number of thioether (sulfide) groups is 1. The van der Waals surface area contributed by atoms with E-state index < -0.39 is 0 Å². The first-order chi connectivity index (χ1) is 16.8. The molecule has 0 aliphatic rings. The summed E-state index contributed by atoms with van der Waals surface area (Å²) < 4.78 is 6.82. The minimum atomic E-state index is -0.357. The number of carbonyl (C=O) groups is 1. The van der Waals surface area contributed by atoms with E-state index in [9.17, 15) is 4.79 Å². The number of aromatic nitrogens is 5. The first-order valence-electron chi connectivity index (χ1n) is 10.6. The van der Waals surface area contributed by atoms with E-state index in [1.54, 1.807) is 30.0 Å². The first kappa shape index (κ1) is 25.0. The number of hydrogen-bond acceptors (Lipinski definition) is 7. The van der Waals surface area contributed by atoms with Gasteiger partial charge in [-0.05, 0) is 55.8 Å². The van der Waals surface area contributed by atoms with Gasteiger partial charge in [-0.3, -0.25) is 4.79 Å². The predicted octanol–water partition coefficient (Wildman–Crippen LogP) is 5.21. The van der Waals surface area contributed by atoms with Gasteiger partial charge in [-0.2, -0.15) is 0 Å². The number of methoxy groups -OCH3 is 1. The first-order valence-corrected chi connectivity index (χ1v) is 12.3. The van der Waals surface area contributed by atoms with E-state index in [4.69, 9.17) is 27.9 Å². The van der Waals surface area contributed by atoms with Crippen LogP contribution in [0.15, 0.2) is 53.7 Å². The SMILES string of the molecule is COc1cccc(CNC(=O)c2nnn(-c3cc(Cl)cc(Cl)c3)c2CSc2nc(C)cc(C)n2)c1. The number of carbonyl (C=O) groups excluding carboxylic acids is 1. The minimum Gasteiger partial charge on any atom is -0.497 e. The lowest BCUT2D eigenvalue weighted by molar-refractivity contribution is 0.0945. The van der Waals surface area contributed by atoms with Crippen molar-refractivity contribution in [2.45, 2.75) is 31.3 Å². The molecule has 0 atom stereocenters. The number of halogens is 2. The van der Waals surface area contributed by atoms with Crippen molar-refractivity contribution in [1.29, 1.82) is 0 Å². The van der Waals surface area contributed by atoms with Crippen molar-refractivity contribution in [2.75, 3.05) is 7.11 Å². The molecule has 0 bridgehead atoms. The molecule has 0 unspecified atom stereocenters. The number of benzene rings is 2. The van der Waals surface area contributed by atoms with Crippen molar-refractivity contribution < 1.29 is 9.53 Å². The fourth-order valence-electron chi connectivity index (χ4n) is 3.42. The maximum atomic E-state index is 13.1. The third kappa shape index (κ3) is 6.30. The van der Waals surface area contributed by atoms with Crippen LogP contribution in [0.2, 0.25) is 10.0 Å². The summed E-state index contributed by atoms with van der Waals surface area (Å²) in [6, 6.07) is 14.4. The van der Waals surface area contributed by atoms with Crippen LogP contribution in [0.3, 0.4) is 0 Å². The quantitative estimate of drug-likeness (QED) is 0.247. The minimum absolute atomic E-state index is 0.195. The fourth-order valence-corrected chi connectivity index (χ4v) is 4.87. The summed E-state index contributed by atoms with van der Waals surface area (Å²) in [6.07, 6.45) is 0. The van der Waals surface area contributed by atoms with Crippen LogP contribution in [0.4, 0.5) is 0 Å². The number of aryl methyl sites for hydroxylation is 2. The summed E-state index contributed by atoms with van der Waals surface area (Å²) in [5.74, 6) is 0.706. The van der Waals surface area contributed by atoms with E-state index in [1.807, 2.05) is 44.2 Å². The molecule has 35 heavy (non-hydrogen) atoms. The van der Waals surface area contributed by atoms with E-state index in [-0.39, 0.29) is 11.6 Å². The van der Waals surface area contributed by atoms with Crippen LogP contribution in [0.1, 0.15) is 33.1 Å². The monoisotopic (exact) mass is 528 g/mol. The number of hydrogen-bond donors (Lipinski definition) is 1. The second-order valence-electron chi connectivity index (χ2n) is 7.68. The summed E-state index contributed by atoms with van der Waals surface area (Å²) in [6.45, 7) is 4.13. The van der Waals surface area contributed by atoms with E-state index in [1.165, 1.54) is 11.8 Å². The molecule has 8 nitrogen and oxygen atoms in total. The van der Waals surface area contributed by atoms with Crippen LogP contribution in [0, 0.1) is 13.8 Å². The van der Waals surface area contributed by atoms with Gasteiger partial charge < -0.3 is 10.1 Å². The average Bonchev–Trinajstić information content (AvgIpc) is 3.24. The van der Waals surface area contributed by atoms with E-state index in [0.717, 1.165) is 17.0 Å². The fraction of sp³-hybridized carbons (Fsp3) is 0.208. The molecule has 0 spiro atoms. The van der Waals surface area contributed by atoms with Crippen molar-refractivity contribution in [2.24, 2.45) is 0 Å². The molecule has 0 aliphatic heterocycles. The number of nitrogens with one attached hydrogen (secondary N) is 1. The Hall–Kier alpha value is -3.14. The highest BCUT2D eigenvalue weighted by molar-refractivity contribution is 7.98. The molecular weight excluding hydrogens is 507 g/mol. The molecule has 0 aliphatic carbocycles. The van der Waals surface area contributed by atoms with E-state index >= 15 is 0 Å². The molecule has 2 aromatic carbocycles. The van der Waals surface area contributed by atoms with Gasteiger partial charge in [0.1, 0.15) is 5.75 Å². The Morgan fingerprint density at radius 1 is 1.06 bits per heavy atom. The number of ether oxygens (including phenoxy) is 1. The normalized spacial score (nSPS) is 10.9. The van der Waals surface area contributed by atoms with Crippen molar-refractivity contribution >= 4 is 40.9 Å². The van der Waals surface area contributed by atoms with Crippen LogP contribution in [-0.4, -0.2) is 38.0 Å². The predicted molar refractivity (Wildman–Crippen MR) is 137 cm³/mol. The second-order valence-corrected chi connectivity index (χ2v) is 9.50. The van der Waals surface area contributed by atoms with Gasteiger partial charge in [-0.15, -0.1) is 5.10 Å². The molecule has 2 aromatic heterocycles. The summed E-state index contributed by atoms with van der Waals surface area (Å²) in [5.41, 5.74) is 3.99. The summed E-state index contributed by atoms with van der Waals surface area (Å²) >= 11 is 13.8. The highest BCUT2D eigenvalue weighted by Gasteiger charge is 2.22. The molecule has 2 heterocycles. The molecule has 1 N–H and O–H groups in total. The highest BCUT2D eigenvalue weighted by atomic mass is 35.5. The Bertz CT molecular complexity index is 1340. The molecule has 0 fully saturated rings. The van der Waals surface area contributed by atoms with Crippen LogP contribution < -0.4 is 10.1 Å². The van der Waals surface area contributed by atoms with Crippen molar-refractivity contribution in [3.63, 3.8) is 0 Å². The summed E-state index contributed by atoms with van der Waals surface area (Å²) in [4.78, 5) is 22.1. The Morgan fingerprint density at radius 2 is 1.77 bits per heavy atom.